The molecule has 146 valence electrons. The smallest absolute Gasteiger partial charge is 0.387 e. The molecule has 10 heteroatoms. The predicted molar refractivity (Wildman–Crippen MR) is 104 cm³/mol. The van der Waals surface area contributed by atoms with E-state index in [0.717, 1.165) is 0 Å². The van der Waals surface area contributed by atoms with E-state index in [4.69, 9.17) is 16.3 Å². The van der Waals surface area contributed by atoms with Crippen molar-refractivity contribution in [2.45, 2.75) is 6.61 Å². The second kappa shape index (κ2) is 8.85. The highest BCUT2D eigenvalue weighted by atomic mass is 35.5. The van der Waals surface area contributed by atoms with Gasteiger partial charge in [0.2, 0.25) is 0 Å². The molecular formula is C18H14ClF2N3O3S. The van der Waals surface area contributed by atoms with Gasteiger partial charge in [0, 0.05) is 16.1 Å². The molecule has 0 bridgehead atoms. The summed E-state index contributed by atoms with van der Waals surface area (Å²) in [5, 5.41) is 8.20. The van der Waals surface area contributed by atoms with E-state index in [1.54, 1.807) is 35.7 Å². The molecule has 3 aromatic rings. The van der Waals surface area contributed by atoms with Gasteiger partial charge >= 0.3 is 6.61 Å². The lowest BCUT2D eigenvalue weighted by atomic mass is 10.3. The molecule has 0 fully saturated rings. The maximum Gasteiger partial charge on any atom is 0.387 e. The second-order valence-electron chi connectivity index (χ2n) is 5.36. The number of nitrogens with zero attached hydrogens (tertiary/aromatic N) is 1. The summed E-state index contributed by atoms with van der Waals surface area (Å²) in [6, 6.07) is 10.8. The summed E-state index contributed by atoms with van der Waals surface area (Å²) in [6.07, 6.45) is 0. The zero-order chi connectivity index (χ0) is 20.1. The number of hydrogen-bond acceptors (Lipinski definition) is 6. The van der Waals surface area contributed by atoms with Crippen LogP contribution in [0.25, 0.3) is 0 Å². The van der Waals surface area contributed by atoms with E-state index in [9.17, 15) is 13.6 Å². The monoisotopic (exact) mass is 425 g/mol. The van der Waals surface area contributed by atoms with Crippen molar-refractivity contribution in [2.24, 2.45) is 0 Å². The van der Waals surface area contributed by atoms with Crippen LogP contribution in [0.4, 0.5) is 25.3 Å². The normalized spacial score (nSPS) is 10.6. The van der Waals surface area contributed by atoms with Gasteiger partial charge in [0.15, 0.2) is 5.13 Å². The number of ether oxygens (including phenoxy) is 2. The first kappa shape index (κ1) is 19.8. The summed E-state index contributed by atoms with van der Waals surface area (Å²) in [5.41, 5.74) is 1.24. The average molecular weight is 426 g/mol. The van der Waals surface area contributed by atoms with Crippen LogP contribution in [-0.2, 0) is 0 Å². The Morgan fingerprint density at radius 3 is 2.64 bits per heavy atom. The number of alkyl halides is 2. The lowest BCUT2D eigenvalue weighted by molar-refractivity contribution is -0.0498. The molecule has 0 radical (unpaired) electrons. The summed E-state index contributed by atoms with van der Waals surface area (Å²) < 4.78 is 33.8. The van der Waals surface area contributed by atoms with Gasteiger partial charge < -0.3 is 20.1 Å². The molecule has 0 atom stereocenters. The third-order valence-electron chi connectivity index (χ3n) is 3.48. The van der Waals surface area contributed by atoms with Crippen LogP contribution in [0.1, 0.15) is 10.5 Å². The molecule has 1 heterocycles. The van der Waals surface area contributed by atoms with E-state index in [0.29, 0.717) is 27.3 Å². The van der Waals surface area contributed by atoms with Gasteiger partial charge in [-0.25, -0.2) is 4.98 Å². The number of benzene rings is 2. The molecule has 0 spiro atoms. The van der Waals surface area contributed by atoms with Gasteiger partial charge in [-0.05, 0) is 42.5 Å². The van der Waals surface area contributed by atoms with Crippen molar-refractivity contribution >= 4 is 45.4 Å². The quantitative estimate of drug-likeness (QED) is 0.530. The van der Waals surface area contributed by atoms with Gasteiger partial charge in [0.1, 0.15) is 17.2 Å². The van der Waals surface area contributed by atoms with Gasteiger partial charge in [-0.3, -0.25) is 4.79 Å². The Balaban J connectivity index is 1.66. The first-order chi connectivity index (χ1) is 13.4. The third kappa shape index (κ3) is 5.08. The molecule has 0 unspecified atom stereocenters. The number of rotatable bonds is 7. The van der Waals surface area contributed by atoms with E-state index in [-0.39, 0.29) is 11.4 Å². The highest BCUT2D eigenvalue weighted by molar-refractivity contribution is 7.14. The average Bonchev–Trinajstić information content (AvgIpc) is 3.12. The molecule has 1 amide bonds. The summed E-state index contributed by atoms with van der Waals surface area (Å²) in [6.45, 7) is -2.88. The Morgan fingerprint density at radius 2 is 1.96 bits per heavy atom. The summed E-state index contributed by atoms with van der Waals surface area (Å²) in [7, 11) is 1.49. The number of carbonyl (C=O) groups excluding carboxylic acids is 1. The van der Waals surface area contributed by atoms with Crippen molar-refractivity contribution in [3.8, 4) is 11.5 Å². The van der Waals surface area contributed by atoms with Crippen molar-refractivity contribution in [1.29, 1.82) is 0 Å². The van der Waals surface area contributed by atoms with Crippen LogP contribution in [0, 0.1) is 0 Å². The SMILES string of the molecule is COc1ccc(Cl)cc1NC(=O)c1csc(Nc2ccc(OC(F)F)cc2)n1. The number of halogens is 3. The lowest BCUT2D eigenvalue weighted by Crippen LogP contribution is -2.13. The molecule has 3 rings (SSSR count). The number of anilines is 3. The largest absolute Gasteiger partial charge is 0.495 e. The molecule has 0 aliphatic rings. The topological polar surface area (TPSA) is 72.5 Å². The van der Waals surface area contributed by atoms with E-state index >= 15 is 0 Å². The Bertz CT molecular complexity index is 967. The number of thiazole rings is 1. The van der Waals surface area contributed by atoms with Crippen molar-refractivity contribution in [3.63, 3.8) is 0 Å². The summed E-state index contributed by atoms with van der Waals surface area (Å²) >= 11 is 7.18. The van der Waals surface area contributed by atoms with Gasteiger partial charge in [-0.15, -0.1) is 11.3 Å². The van der Waals surface area contributed by atoms with Crippen LogP contribution in [0.2, 0.25) is 5.02 Å². The van der Waals surface area contributed by atoms with Gasteiger partial charge in [-0.1, -0.05) is 11.6 Å². The van der Waals surface area contributed by atoms with Crippen LogP contribution in [0.3, 0.4) is 0 Å². The Morgan fingerprint density at radius 1 is 1.21 bits per heavy atom. The Labute approximate surface area is 168 Å². The number of hydrogen-bond donors (Lipinski definition) is 2. The predicted octanol–water partition coefficient (Wildman–Crippen LogP) is 5.40. The van der Waals surface area contributed by atoms with E-state index in [2.05, 4.69) is 20.4 Å². The van der Waals surface area contributed by atoms with Gasteiger partial charge in [0.05, 0.1) is 12.8 Å². The summed E-state index contributed by atoms with van der Waals surface area (Å²) in [4.78, 5) is 16.6. The van der Waals surface area contributed by atoms with Crippen LogP contribution in [0.15, 0.2) is 47.8 Å². The molecule has 28 heavy (non-hydrogen) atoms. The Kier molecular flexibility index (Phi) is 6.27. The van der Waals surface area contributed by atoms with Crippen molar-refractivity contribution < 1.29 is 23.0 Å². The van der Waals surface area contributed by atoms with E-state index in [1.165, 1.54) is 30.6 Å². The molecule has 0 aliphatic carbocycles. The zero-order valence-corrected chi connectivity index (χ0v) is 16.0. The molecule has 0 aliphatic heterocycles. The lowest BCUT2D eigenvalue weighted by Gasteiger charge is -2.09. The second-order valence-corrected chi connectivity index (χ2v) is 6.66. The molecule has 0 saturated carbocycles. The maximum absolute atomic E-state index is 12.4. The van der Waals surface area contributed by atoms with E-state index in [1.807, 2.05) is 0 Å². The number of amides is 1. The van der Waals surface area contributed by atoms with Gasteiger partial charge in [-0.2, -0.15) is 8.78 Å². The summed E-state index contributed by atoms with van der Waals surface area (Å²) in [5.74, 6) is 0.0956. The maximum atomic E-state index is 12.4. The van der Waals surface area contributed by atoms with Crippen molar-refractivity contribution in [1.82, 2.24) is 4.98 Å². The Hall–Kier alpha value is -2.91. The highest BCUT2D eigenvalue weighted by Crippen LogP contribution is 2.29. The van der Waals surface area contributed by atoms with Crippen molar-refractivity contribution in [2.75, 3.05) is 17.7 Å². The van der Waals surface area contributed by atoms with E-state index < -0.39 is 12.5 Å². The first-order valence-electron chi connectivity index (χ1n) is 7.87. The highest BCUT2D eigenvalue weighted by Gasteiger charge is 2.14. The molecule has 2 aromatic carbocycles. The molecule has 6 nitrogen and oxygen atoms in total. The minimum absolute atomic E-state index is 0.0511. The number of nitrogens with one attached hydrogen (secondary N) is 2. The number of aromatic nitrogens is 1. The van der Waals surface area contributed by atoms with Crippen molar-refractivity contribution in [3.05, 3.63) is 58.6 Å². The minimum Gasteiger partial charge on any atom is -0.495 e. The molecule has 0 saturated heterocycles. The molecular weight excluding hydrogens is 412 g/mol. The number of carbonyl (C=O) groups is 1. The fourth-order valence-corrected chi connectivity index (χ4v) is 3.13. The standard InChI is InChI=1S/C18H14ClF2N3O3S/c1-26-15-7-2-10(19)8-13(15)23-16(25)14-9-28-18(24-14)22-11-3-5-12(6-4-11)27-17(20)21/h2-9,17H,1H3,(H,22,24)(H,23,25). The fourth-order valence-electron chi connectivity index (χ4n) is 2.24. The molecule has 1 aromatic heterocycles. The van der Waals surface area contributed by atoms with Crippen LogP contribution in [0.5, 0.6) is 11.5 Å². The first-order valence-corrected chi connectivity index (χ1v) is 9.12. The third-order valence-corrected chi connectivity index (χ3v) is 4.47. The van der Waals surface area contributed by atoms with Gasteiger partial charge in [0.25, 0.3) is 5.91 Å². The fraction of sp³-hybridized carbons (Fsp3) is 0.111. The minimum atomic E-state index is -2.88. The zero-order valence-electron chi connectivity index (χ0n) is 14.4. The van der Waals surface area contributed by atoms with Crippen LogP contribution < -0.4 is 20.1 Å². The number of methoxy groups -OCH3 is 1. The molecule has 2 N–H and O–H groups in total. The van der Waals surface area contributed by atoms with Crippen LogP contribution in [-0.4, -0.2) is 24.6 Å². The van der Waals surface area contributed by atoms with Crippen LogP contribution >= 0.6 is 22.9 Å².